The number of carboxylic acid groups (broad SMARTS) is 1. The Morgan fingerprint density at radius 1 is 1.08 bits per heavy atom. The van der Waals surface area contributed by atoms with Gasteiger partial charge in [0.25, 0.3) is 10.1 Å². The summed E-state index contributed by atoms with van der Waals surface area (Å²) < 4.78 is 34.0. The number of hydrogen-bond donors (Lipinski definition) is 1. The summed E-state index contributed by atoms with van der Waals surface area (Å²) in [6.45, 7) is 4.03. The average Bonchev–Trinajstić information content (AvgIpc) is 2.86. The molecule has 1 fully saturated rings. The lowest BCUT2D eigenvalue weighted by atomic mass is 10.1. The van der Waals surface area contributed by atoms with E-state index in [1.54, 1.807) is 49.5 Å². The molecule has 2 aromatic heterocycles. The van der Waals surface area contributed by atoms with Crippen LogP contribution in [-0.2, 0) is 25.7 Å². The van der Waals surface area contributed by atoms with Crippen molar-refractivity contribution in [3.8, 4) is 22.9 Å². The fraction of sp³-hybridized carbons (Fsp3) is 0.320. The van der Waals surface area contributed by atoms with E-state index in [2.05, 4.69) is 14.9 Å². The molecule has 0 saturated carbocycles. The molecule has 3 aromatic rings. The van der Waals surface area contributed by atoms with Gasteiger partial charge in [-0.05, 0) is 48.9 Å². The summed E-state index contributed by atoms with van der Waals surface area (Å²) in [4.78, 5) is 24.3. The monoisotopic (exact) mass is 580 g/mol. The molecule has 1 unspecified atom stereocenters. The number of rotatable bonds is 9. The molecular formula is C25H26Cl2N4O6S. The Balaban J connectivity index is 1.52. The van der Waals surface area contributed by atoms with Crippen molar-refractivity contribution in [1.82, 2.24) is 14.9 Å². The van der Waals surface area contributed by atoms with Gasteiger partial charge in [0, 0.05) is 47.9 Å². The fourth-order valence-corrected chi connectivity index (χ4v) is 4.83. The van der Waals surface area contributed by atoms with Crippen molar-refractivity contribution in [3.63, 3.8) is 0 Å². The molecule has 0 amide bonds. The van der Waals surface area contributed by atoms with Crippen LogP contribution in [0.3, 0.4) is 0 Å². The molecule has 10 nitrogen and oxygen atoms in total. The largest absolute Gasteiger partial charge is 0.480 e. The van der Waals surface area contributed by atoms with Crippen LogP contribution in [0.1, 0.15) is 12.5 Å². The molecule has 38 heavy (non-hydrogen) atoms. The van der Waals surface area contributed by atoms with Crippen LogP contribution in [0, 0.1) is 0 Å². The van der Waals surface area contributed by atoms with Gasteiger partial charge >= 0.3 is 5.97 Å². The van der Waals surface area contributed by atoms with Gasteiger partial charge in [-0.25, -0.2) is 9.97 Å². The van der Waals surface area contributed by atoms with Crippen LogP contribution in [0.25, 0.3) is 11.3 Å². The number of nitrogens with zero attached hydrogens (tertiary/aromatic N) is 4. The number of benzene rings is 1. The Morgan fingerprint density at radius 2 is 1.76 bits per heavy atom. The van der Waals surface area contributed by atoms with Crippen LogP contribution < -0.4 is 9.64 Å². The van der Waals surface area contributed by atoms with Crippen LogP contribution in [0.2, 0.25) is 10.0 Å². The summed E-state index contributed by atoms with van der Waals surface area (Å²) in [7, 11) is -3.66. The summed E-state index contributed by atoms with van der Waals surface area (Å²) in [6.07, 6.45) is 2.54. The van der Waals surface area contributed by atoms with Gasteiger partial charge in [0.05, 0.1) is 24.8 Å². The van der Waals surface area contributed by atoms with Crippen LogP contribution in [-0.4, -0.2) is 72.8 Å². The number of ether oxygens (including phenoxy) is 1. The van der Waals surface area contributed by atoms with Crippen molar-refractivity contribution in [2.24, 2.45) is 0 Å². The standard InChI is InChI=1S/C25H26Cl2N4O6S/c1-16(25(32)33)30-5-7-31(8-6-30)23-4-3-21(14-28-23)37-24-10-17(15-36-38(2,34)35)9-22(29-24)18-11-19(26)13-20(27)12-18/h3-4,9-14,16H,5-8,15H2,1-2H3,(H,32,33). The van der Waals surface area contributed by atoms with Crippen LogP contribution in [0.5, 0.6) is 11.6 Å². The van der Waals surface area contributed by atoms with Gasteiger partial charge in [-0.15, -0.1) is 0 Å². The zero-order valence-corrected chi connectivity index (χ0v) is 23.0. The van der Waals surface area contributed by atoms with Crippen LogP contribution >= 0.6 is 23.2 Å². The first kappa shape index (κ1) is 28.1. The van der Waals surface area contributed by atoms with E-state index >= 15 is 0 Å². The second-order valence-electron chi connectivity index (χ2n) is 8.81. The first-order chi connectivity index (χ1) is 18.0. The molecule has 1 N–H and O–H groups in total. The number of carbonyl (C=O) groups is 1. The van der Waals surface area contributed by atoms with Gasteiger partial charge in [0.2, 0.25) is 5.88 Å². The maximum absolute atomic E-state index is 11.5. The Labute approximate surface area is 230 Å². The highest BCUT2D eigenvalue weighted by atomic mass is 35.5. The van der Waals surface area contributed by atoms with Crippen molar-refractivity contribution in [3.05, 3.63) is 64.3 Å². The number of anilines is 1. The smallest absolute Gasteiger partial charge is 0.320 e. The molecule has 0 radical (unpaired) electrons. The summed E-state index contributed by atoms with van der Waals surface area (Å²) in [5, 5.41) is 10.1. The Bertz CT molecular complexity index is 1390. The third-order valence-electron chi connectivity index (χ3n) is 5.95. The van der Waals surface area contributed by atoms with Gasteiger partial charge in [-0.2, -0.15) is 8.42 Å². The predicted molar refractivity (Wildman–Crippen MR) is 145 cm³/mol. The molecule has 0 spiro atoms. The minimum absolute atomic E-state index is 0.205. The van der Waals surface area contributed by atoms with Crippen molar-refractivity contribution in [2.75, 3.05) is 37.3 Å². The summed E-state index contributed by atoms with van der Waals surface area (Å²) in [5.41, 5.74) is 1.61. The number of aromatic nitrogens is 2. The van der Waals surface area contributed by atoms with E-state index in [0.717, 1.165) is 12.1 Å². The maximum atomic E-state index is 11.5. The number of carboxylic acids is 1. The first-order valence-corrected chi connectivity index (χ1v) is 14.2. The highest BCUT2D eigenvalue weighted by Gasteiger charge is 2.25. The van der Waals surface area contributed by atoms with Gasteiger partial charge in [-0.1, -0.05) is 23.2 Å². The molecule has 0 bridgehead atoms. The van der Waals surface area contributed by atoms with E-state index in [1.165, 1.54) is 0 Å². The molecule has 3 heterocycles. The normalized spacial score (nSPS) is 15.3. The van der Waals surface area contributed by atoms with E-state index in [9.17, 15) is 18.3 Å². The van der Waals surface area contributed by atoms with Gasteiger partial charge in [-0.3, -0.25) is 13.9 Å². The number of hydrogen-bond acceptors (Lipinski definition) is 9. The number of aliphatic carboxylic acids is 1. The molecule has 13 heteroatoms. The number of halogens is 2. The van der Waals surface area contributed by atoms with Crippen molar-refractivity contribution in [1.29, 1.82) is 0 Å². The van der Waals surface area contributed by atoms with Gasteiger partial charge < -0.3 is 14.7 Å². The van der Waals surface area contributed by atoms with E-state index in [4.69, 9.17) is 32.1 Å². The molecular weight excluding hydrogens is 555 g/mol. The second-order valence-corrected chi connectivity index (χ2v) is 11.3. The zero-order valence-electron chi connectivity index (χ0n) is 20.7. The fourth-order valence-electron chi connectivity index (χ4n) is 3.95. The van der Waals surface area contributed by atoms with E-state index < -0.39 is 22.1 Å². The quantitative estimate of drug-likeness (QED) is 0.366. The average molecular weight is 581 g/mol. The molecule has 1 aromatic carbocycles. The SMILES string of the molecule is CC(C(=O)O)N1CCN(c2ccc(Oc3cc(COS(C)(=O)=O)cc(-c4cc(Cl)cc(Cl)c4)n3)cn2)CC1. The summed E-state index contributed by atoms with van der Waals surface area (Å²) in [6, 6.07) is 11.3. The van der Waals surface area contributed by atoms with Gasteiger partial charge in [0.1, 0.15) is 17.6 Å². The molecule has 1 aliphatic heterocycles. The van der Waals surface area contributed by atoms with Gasteiger partial charge in [0.15, 0.2) is 0 Å². The molecule has 1 aliphatic rings. The zero-order chi connectivity index (χ0) is 27.4. The lowest BCUT2D eigenvalue weighted by Gasteiger charge is -2.37. The first-order valence-electron chi connectivity index (χ1n) is 11.6. The minimum atomic E-state index is -3.66. The maximum Gasteiger partial charge on any atom is 0.320 e. The molecule has 0 aliphatic carbocycles. The Morgan fingerprint density at radius 3 is 2.34 bits per heavy atom. The second kappa shape index (κ2) is 11.8. The van der Waals surface area contributed by atoms with Crippen molar-refractivity contribution in [2.45, 2.75) is 19.6 Å². The number of pyridine rings is 2. The van der Waals surface area contributed by atoms with Crippen LogP contribution in [0.4, 0.5) is 5.82 Å². The topological polar surface area (TPSA) is 122 Å². The molecule has 1 saturated heterocycles. The van der Waals surface area contributed by atoms with Crippen LogP contribution in [0.15, 0.2) is 48.7 Å². The summed E-state index contributed by atoms with van der Waals surface area (Å²) in [5.74, 6) is 0.546. The minimum Gasteiger partial charge on any atom is -0.480 e. The Kier molecular flexibility index (Phi) is 8.74. The third kappa shape index (κ3) is 7.55. The lowest BCUT2D eigenvalue weighted by Crippen LogP contribution is -2.51. The Hall–Kier alpha value is -2.96. The summed E-state index contributed by atoms with van der Waals surface area (Å²) >= 11 is 12.3. The molecule has 202 valence electrons. The van der Waals surface area contributed by atoms with Crippen molar-refractivity contribution < 1.29 is 27.2 Å². The molecule has 1 atom stereocenters. The third-order valence-corrected chi connectivity index (χ3v) is 6.93. The molecule has 4 rings (SSSR count). The van der Waals surface area contributed by atoms with E-state index in [0.29, 0.717) is 58.8 Å². The highest BCUT2D eigenvalue weighted by molar-refractivity contribution is 7.85. The highest BCUT2D eigenvalue weighted by Crippen LogP contribution is 2.30. The van der Waals surface area contributed by atoms with Crippen molar-refractivity contribution >= 4 is 45.1 Å². The van der Waals surface area contributed by atoms with E-state index in [-0.39, 0.29) is 12.5 Å². The van der Waals surface area contributed by atoms with E-state index in [1.807, 2.05) is 11.0 Å². The predicted octanol–water partition coefficient (Wildman–Crippen LogP) is 4.31. The lowest BCUT2D eigenvalue weighted by molar-refractivity contribution is -0.142. The number of piperazine rings is 1.